The van der Waals surface area contributed by atoms with E-state index in [0.717, 1.165) is 16.8 Å². The van der Waals surface area contributed by atoms with E-state index in [1.54, 1.807) is 12.3 Å². The fraction of sp³-hybridized carbons (Fsp3) is 0.182. The summed E-state index contributed by atoms with van der Waals surface area (Å²) >= 11 is 0. The molecule has 1 aliphatic heterocycles. The lowest BCUT2D eigenvalue weighted by molar-refractivity contribution is -0.135. The quantitative estimate of drug-likeness (QED) is 0.658. The molecule has 1 atom stereocenters. The molecule has 0 spiro atoms. The van der Waals surface area contributed by atoms with E-state index in [-0.39, 0.29) is 24.4 Å². The highest BCUT2D eigenvalue weighted by molar-refractivity contribution is 6.03. The molecule has 2 aromatic carbocycles. The van der Waals surface area contributed by atoms with Crippen LogP contribution in [0.2, 0.25) is 0 Å². The fourth-order valence-electron chi connectivity index (χ4n) is 3.11. The van der Waals surface area contributed by atoms with Crippen LogP contribution < -0.4 is 4.74 Å². The van der Waals surface area contributed by atoms with Crippen molar-refractivity contribution in [3.8, 4) is 5.75 Å². The van der Waals surface area contributed by atoms with E-state index in [1.165, 1.54) is 29.3 Å². The maximum Gasteiger partial charge on any atom is 0.281 e. The van der Waals surface area contributed by atoms with Crippen LogP contribution >= 0.6 is 0 Å². The van der Waals surface area contributed by atoms with Crippen LogP contribution in [0.15, 0.2) is 76.4 Å². The third-order valence-corrected chi connectivity index (χ3v) is 4.60. The first-order chi connectivity index (χ1) is 13.6. The molecule has 5 nitrogen and oxygen atoms in total. The zero-order chi connectivity index (χ0) is 19.5. The van der Waals surface area contributed by atoms with Crippen LogP contribution in [0.1, 0.15) is 29.3 Å². The van der Waals surface area contributed by atoms with Gasteiger partial charge < -0.3 is 9.15 Å². The normalized spacial score (nSPS) is 16.1. The van der Waals surface area contributed by atoms with Gasteiger partial charge in [-0.25, -0.2) is 9.40 Å². The molecule has 28 heavy (non-hydrogen) atoms. The molecule has 6 heteroatoms. The number of hydrogen-bond donors (Lipinski definition) is 0. The van der Waals surface area contributed by atoms with Crippen molar-refractivity contribution in [2.24, 2.45) is 5.10 Å². The molecule has 0 unspecified atom stereocenters. The second-order valence-electron chi connectivity index (χ2n) is 6.63. The van der Waals surface area contributed by atoms with Gasteiger partial charge in [0.25, 0.3) is 5.91 Å². The largest absolute Gasteiger partial charge is 0.484 e. The zero-order valence-corrected chi connectivity index (χ0v) is 15.3. The lowest BCUT2D eigenvalue weighted by Gasteiger charge is -2.20. The van der Waals surface area contributed by atoms with Crippen LogP contribution in [0, 0.1) is 12.7 Å². The number of halogens is 1. The highest BCUT2D eigenvalue weighted by atomic mass is 19.1. The first-order valence-electron chi connectivity index (χ1n) is 8.98. The number of carbonyl (C=O) groups is 1. The zero-order valence-electron chi connectivity index (χ0n) is 15.3. The molecule has 0 fully saturated rings. The van der Waals surface area contributed by atoms with Gasteiger partial charge in [0.05, 0.1) is 12.0 Å². The molecular weight excluding hydrogens is 359 g/mol. The number of benzene rings is 2. The standard InChI is InChI=1S/C22H19FN2O3/c1-15-4-6-16(7-5-15)19-13-20(21-3-2-12-27-21)25(24-19)22(26)14-28-18-10-8-17(23)9-11-18/h2-12,20H,13-14H2,1H3/t20-/m1/s1. The molecule has 3 aromatic rings. The lowest BCUT2D eigenvalue weighted by Crippen LogP contribution is -2.31. The lowest BCUT2D eigenvalue weighted by atomic mass is 10.0. The third kappa shape index (κ3) is 3.81. The Bertz CT molecular complexity index is 980. The number of nitrogens with zero attached hydrogens (tertiary/aromatic N) is 2. The van der Waals surface area contributed by atoms with Crippen LogP contribution in [0.4, 0.5) is 4.39 Å². The topological polar surface area (TPSA) is 55.0 Å². The molecule has 0 radical (unpaired) electrons. The minimum absolute atomic E-state index is 0.201. The molecule has 1 amide bonds. The Labute approximate surface area is 162 Å². The fourth-order valence-corrected chi connectivity index (χ4v) is 3.11. The molecule has 0 saturated heterocycles. The number of ether oxygens (including phenoxy) is 1. The summed E-state index contributed by atoms with van der Waals surface area (Å²) in [6, 6.07) is 16.9. The number of hydrazone groups is 1. The van der Waals surface area contributed by atoms with Gasteiger partial charge in [-0.2, -0.15) is 5.10 Å². The summed E-state index contributed by atoms with van der Waals surface area (Å²) in [6.07, 6.45) is 2.13. The summed E-state index contributed by atoms with van der Waals surface area (Å²) in [5.41, 5.74) is 2.94. The van der Waals surface area contributed by atoms with Crippen molar-refractivity contribution in [2.75, 3.05) is 6.61 Å². The van der Waals surface area contributed by atoms with Gasteiger partial charge in [-0.1, -0.05) is 29.8 Å². The van der Waals surface area contributed by atoms with Crippen molar-refractivity contribution in [3.05, 3.63) is 89.6 Å². The number of carbonyl (C=O) groups excluding carboxylic acids is 1. The van der Waals surface area contributed by atoms with Crippen LogP contribution in [0.25, 0.3) is 0 Å². The van der Waals surface area contributed by atoms with Gasteiger partial charge in [0.15, 0.2) is 6.61 Å². The minimum Gasteiger partial charge on any atom is -0.484 e. The van der Waals surface area contributed by atoms with Crippen molar-refractivity contribution in [1.29, 1.82) is 0 Å². The Balaban J connectivity index is 1.54. The average molecular weight is 378 g/mol. The van der Waals surface area contributed by atoms with E-state index in [9.17, 15) is 9.18 Å². The Morgan fingerprint density at radius 3 is 2.61 bits per heavy atom. The van der Waals surface area contributed by atoms with E-state index in [1.807, 2.05) is 37.3 Å². The summed E-state index contributed by atoms with van der Waals surface area (Å²) in [4.78, 5) is 12.8. The van der Waals surface area contributed by atoms with Crippen LogP contribution in [0.3, 0.4) is 0 Å². The number of rotatable bonds is 5. The van der Waals surface area contributed by atoms with Crippen LogP contribution in [0.5, 0.6) is 5.75 Å². The Kier molecular flexibility index (Phi) is 4.93. The highest BCUT2D eigenvalue weighted by Gasteiger charge is 2.35. The third-order valence-electron chi connectivity index (χ3n) is 4.60. The van der Waals surface area contributed by atoms with Gasteiger partial charge in [-0.15, -0.1) is 0 Å². The maximum absolute atomic E-state index is 13.0. The summed E-state index contributed by atoms with van der Waals surface area (Å²) in [5.74, 6) is 0.434. The van der Waals surface area contributed by atoms with Crippen molar-refractivity contribution in [1.82, 2.24) is 5.01 Å². The number of aryl methyl sites for hydroxylation is 1. The molecule has 0 saturated carbocycles. The van der Waals surface area contributed by atoms with E-state index < -0.39 is 0 Å². The average Bonchev–Trinajstić information content (AvgIpc) is 3.37. The smallest absolute Gasteiger partial charge is 0.281 e. The van der Waals surface area contributed by atoms with Gasteiger partial charge in [0.1, 0.15) is 23.4 Å². The molecule has 2 heterocycles. The summed E-state index contributed by atoms with van der Waals surface area (Å²) < 4.78 is 24.0. The Morgan fingerprint density at radius 1 is 1.18 bits per heavy atom. The Hall–Kier alpha value is -3.41. The monoisotopic (exact) mass is 378 g/mol. The molecule has 1 aliphatic rings. The van der Waals surface area contributed by atoms with Gasteiger partial charge in [-0.05, 0) is 48.9 Å². The van der Waals surface area contributed by atoms with Crippen molar-refractivity contribution < 1.29 is 18.3 Å². The van der Waals surface area contributed by atoms with E-state index >= 15 is 0 Å². The van der Waals surface area contributed by atoms with Crippen molar-refractivity contribution in [2.45, 2.75) is 19.4 Å². The SMILES string of the molecule is Cc1ccc(C2=NN(C(=O)COc3ccc(F)cc3)[C@@H](c3ccco3)C2)cc1. The first-order valence-corrected chi connectivity index (χ1v) is 8.98. The maximum atomic E-state index is 13.0. The van der Waals surface area contributed by atoms with Crippen LogP contribution in [-0.4, -0.2) is 23.2 Å². The van der Waals surface area contributed by atoms with E-state index in [2.05, 4.69) is 5.10 Å². The molecule has 4 rings (SSSR count). The molecule has 142 valence electrons. The van der Waals surface area contributed by atoms with Gasteiger partial charge in [-0.3, -0.25) is 4.79 Å². The summed E-state index contributed by atoms with van der Waals surface area (Å²) in [5, 5.41) is 5.97. The van der Waals surface area contributed by atoms with Crippen LogP contribution in [-0.2, 0) is 4.79 Å². The Morgan fingerprint density at radius 2 is 1.93 bits per heavy atom. The minimum atomic E-state index is -0.358. The molecule has 0 N–H and O–H groups in total. The highest BCUT2D eigenvalue weighted by Crippen LogP contribution is 2.33. The first kappa shape index (κ1) is 18.0. The molecule has 1 aromatic heterocycles. The number of amides is 1. The van der Waals surface area contributed by atoms with E-state index in [4.69, 9.17) is 9.15 Å². The predicted octanol–water partition coefficient (Wildman–Crippen LogP) is 4.48. The van der Waals surface area contributed by atoms with Gasteiger partial charge in [0, 0.05) is 6.42 Å². The van der Waals surface area contributed by atoms with Gasteiger partial charge >= 0.3 is 0 Å². The summed E-state index contributed by atoms with van der Waals surface area (Å²) in [6.45, 7) is 1.82. The molecular formula is C22H19FN2O3. The number of hydrogen-bond acceptors (Lipinski definition) is 4. The van der Waals surface area contributed by atoms with E-state index in [0.29, 0.717) is 17.9 Å². The predicted molar refractivity (Wildman–Crippen MR) is 103 cm³/mol. The van der Waals surface area contributed by atoms with Crippen molar-refractivity contribution >= 4 is 11.6 Å². The van der Waals surface area contributed by atoms with Gasteiger partial charge in [0.2, 0.25) is 0 Å². The summed E-state index contributed by atoms with van der Waals surface area (Å²) in [7, 11) is 0. The molecule has 0 aliphatic carbocycles. The second-order valence-corrected chi connectivity index (χ2v) is 6.63. The molecule has 0 bridgehead atoms. The second kappa shape index (κ2) is 7.68. The number of furan rings is 1. The van der Waals surface area contributed by atoms with Crippen molar-refractivity contribution in [3.63, 3.8) is 0 Å².